The number of anilines is 1. The average Bonchev–Trinajstić information content (AvgIpc) is 2.91. The summed E-state index contributed by atoms with van der Waals surface area (Å²) >= 11 is 1.73. The van der Waals surface area contributed by atoms with Gasteiger partial charge in [-0.3, -0.25) is 0 Å². The van der Waals surface area contributed by atoms with E-state index in [-0.39, 0.29) is 0 Å². The number of hydrogen-bond donors (Lipinski definition) is 1. The molecule has 0 aliphatic carbocycles. The van der Waals surface area contributed by atoms with Crippen molar-refractivity contribution >= 4 is 17.0 Å². The van der Waals surface area contributed by atoms with E-state index in [1.807, 2.05) is 18.2 Å². The van der Waals surface area contributed by atoms with Gasteiger partial charge in [-0.2, -0.15) is 0 Å². The second-order valence-corrected chi connectivity index (χ2v) is 4.66. The highest BCUT2D eigenvalue weighted by atomic mass is 32.1. The third-order valence-electron chi connectivity index (χ3n) is 2.33. The second kappa shape index (κ2) is 6.98. The number of methoxy groups -OCH3 is 1. The molecule has 0 unspecified atom stereocenters. The molecule has 0 aliphatic heterocycles. The van der Waals surface area contributed by atoms with Crippen molar-refractivity contribution in [1.82, 2.24) is 4.98 Å². The van der Waals surface area contributed by atoms with Gasteiger partial charge in [0.25, 0.3) is 0 Å². The molecule has 0 amide bonds. The molecule has 2 heterocycles. The first-order valence-electron chi connectivity index (χ1n) is 5.73. The van der Waals surface area contributed by atoms with Gasteiger partial charge in [0.2, 0.25) is 5.88 Å². The minimum absolute atomic E-state index is 0.501. The first-order valence-corrected chi connectivity index (χ1v) is 6.61. The molecule has 2 aromatic heterocycles. The topological polar surface area (TPSA) is 43.4 Å². The molecule has 96 valence electrons. The van der Waals surface area contributed by atoms with Gasteiger partial charge in [0.15, 0.2) is 0 Å². The monoisotopic (exact) mass is 264 g/mol. The Bertz CT molecular complexity index is 460. The Kier molecular flexibility index (Phi) is 4.99. The van der Waals surface area contributed by atoms with Crippen LogP contribution in [-0.2, 0) is 11.3 Å². The first kappa shape index (κ1) is 12.9. The highest BCUT2D eigenvalue weighted by molar-refractivity contribution is 7.09. The lowest BCUT2D eigenvalue weighted by Crippen LogP contribution is -2.08. The van der Waals surface area contributed by atoms with Crippen molar-refractivity contribution in [3.63, 3.8) is 0 Å². The van der Waals surface area contributed by atoms with E-state index in [1.54, 1.807) is 24.6 Å². The van der Waals surface area contributed by atoms with Gasteiger partial charge in [0, 0.05) is 24.7 Å². The number of nitrogens with zero attached hydrogens (tertiary/aromatic N) is 1. The van der Waals surface area contributed by atoms with Crippen LogP contribution in [0.1, 0.15) is 4.88 Å². The van der Waals surface area contributed by atoms with Gasteiger partial charge in [0.1, 0.15) is 6.61 Å². The summed E-state index contributed by atoms with van der Waals surface area (Å²) in [7, 11) is 1.65. The van der Waals surface area contributed by atoms with Gasteiger partial charge in [-0.05, 0) is 23.6 Å². The number of ether oxygens (including phenoxy) is 2. The maximum atomic E-state index is 5.55. The van der Waals surface area contributed by atoms with Crippen LogP contribution in [0.3, 0.4) is 0 Å². The Labute approximate surface area is 111 Å². The van der Waals surface area contributed by atoms with E-state index in [9.17, 15) is 0 Å². The Hall–Kier alpha value is -1.59. The molecule has 5 heteroatoms. The molecule has 0 bridgehead atoms. The zero-order valence-electron chi connectivity index (χ0n) is 10.3. The predicted octanol–water partition coefficient (Wildman–Crippen LogP) is 2.78. The van der Waals surface area contributed by atoms with E-state index in [2.05, 4.69) is 21.7 Å². The molecule has 4 nitrogen and oxygen atoms in total. The fraction of sp³-hybridized carbons (Fsp3) is 0.308. The number of rotatable bonds is 7. The summed E-state index contributed by atoms with van der Waals surface area (Å²) in [6.07, 6.45) is 1.72. The number of thiophene rings is 1. The highest BCUT2D eigenvalue weighted by Crippen LogP contribution is 2.22. The van der Waals surface area contributed by atoms with Gasteiger partial charge in [0.05, 0.1) is 12.3 Å². The second-order valence-electron chi connectivity index (χ2n) is 3.63. The normalized spacial score (nSPS) is 10.3. The largest absolute Gasteiger partial charge is 0.474 e. The van der Waals surface area contributed by atoms with E-state index in [0.717, 1.165) is 12.2 Å². The molecule has 2 aromatic rings. The van der Waals surface area contributed by atoms with Crippen LogP contribution < -0.4 is 10.1 Å². The molecule has 0 fully saturated rings. The molecule has 0 aliphatic rings. The van der Waals surface area contributed by atoms with Gasteiger partial charge in [-0.25, -0.2) is 4.98 Å². The van der Waals surface area contributed by atoms with Crippen LogP contribution in [0.4, 0.5) is 5.69 Å². The molecular weight excluding hydrogens is 248 g/mol. The smallest absolute Gasteiger partial charge is 0.237 e. The molecule has 0 saturated heterocycles. The van der Waals surface area contributed by atoms with Crippen molar-refractivity contribution in [1.29, 1.82) is 0 Å². The predicted molar refractivity (Wildman–Crippen MR) is 73.3 cm³/mol. The minimum Gasteiger partial charge on any atom is -0.474 e. The number of hydrogen-bond acceptors (Lipinski definition) is 5. The van der Waals surface area contributed by atoms with Crippen LogP contribution >= 0.6 is 11.3 Å². The van der Waals surface area contributed by atoms with Crippen LogP contribution in [0, 0.1) is 0 Å². The van der Waals surface area contributed by atoms with E-state index in [0.29, 0.717) is 19.1 Å². The Morgan fingerprint density at radius 1 is 1.28 bits per heavy atom. The molecule has 0 atom stereocenters. The standard InChI is InChI=1S/C13H16N2O2S/c1-16-7-8-17-13-12(5-2-6-14-13)15-10-11-4-3-9-18-11/h2-6,9,15H,7-8,10H2,1H3. The zero-order chi connectivity index (χ0) is 12.6. The van der Waals surface area contributed by atoms with Crippen molar-refractivity contribution in [3.05, 3.63) is 40.7 Å². The third-order valence-corrected chi connectivity index (χ3v) is 3.21. The summed E-state index contributed by atoms with van der Waals surface area (Å²) in [5.41, 5.74) is 0.905. The summed E-state index contributed by atoms with van der Waals surface area (Å²) in [5.74, 6) is 0.617. The number of pyridine rings is 1. The van der Waals surface area contributed by atoms with Gasteiger partial charge in [-0.15, -0.1) is 11.3 Å². The molecule has 18 heavy (non-hydrogen) atoms. The van der Waals surface area contributed by atoms with E-state index in [1.165, 1.54) is 4.88 Å². The van der Waals surface area contributed by atoms with E-state index < -0.39 is 0 Å². The summed E-state index contributed by atoms with van der Waals surface area (Å²) in [6, 6.07) is 7.99. The zero-order valence-corrected chi connectivity index (χ0v) is 11.1. The fourth-order valence-electron chi connectivity index (χ4n) is 1.46. The molecule has 0 spiro atoms. The van der Waals surface area contributed by atoms with Crippen LogP contribution in [0.15, 0.2) is 35.8 Å². The quantitative estimate of drug-likeness (QED) is 0.781. The molecule has 0 radical (unpaired) electrons. The number of aromatic nitrogens is 1. The van der Waals surface area contributed by atoms with Crippen molar-refractivity contribution < 1.29 is 9.47 Å². The average molecular weight is 264 g/mol. The van der Waals surface area contributed by atoms with E-state index in [4.69, 9.17) is 9.47 Å². The first-order chi connectivity index (χ1) is 8.90. The van der Waals surface area contributed by atoms with Crippen molar-refractivity contribution in [3.8, 4) is 5.88 Å². The molecule has 0 aromatic carbocycles. The van der Waals surface area contributed by atoms with Crippen molar-refractivity contribution in [2.75, 3.05) is 25.6 Å². The molecule has 1 N–H and O–H groups in total. The van der Waals surface area contributed by atoms with Crippen LogP contribution in [-0.4, -0.2) is 25.3 Å². The maximum absolute atomic E-state index is 5.55. The van der Waals surface area contributed by atoms with Crippen LogP contribution in [0.25, 0.3) is 0 Å². The van der Waals surface area contributed by atoms with Crippen molar-refractivity contribution in [2.45, 2.75) is 6.54 Å². The summed E-state index contributed by atoms with van der Waals surface area (Å²) in [6.45, 7) is 1.84. The van der Waals surface area contributed by atoms with Crippen LogP contribution in [0.5, 0.6) is 5.88 Å². The molecular formula is C13H16N2O2S. The maximum Gasteiger partial charge on any atom is 0.237 e. The van der Waals surface area contributed by atoms with Gasteiger partial charge < -0.3 is 14.8 Å². The molecule has 0 saturated carbocycles. The van der Waals surface area contributed by atoms with Gasteiger partial charge >= 0.3 is 0 Å². The van der Waals surface area contributed by atoms with Crippen LogP contribution in [0.2, 0.25) is 0 Å². The highest BCUT2D eigenvalue weighted by Gasteiger charge is 2.04. The SMILES string of the molecule is COCCOc1ncccc1NCc1cccs1. The fourth-order valence-corrected chi connectivity index (χ4v) is 2.10. The minimum atomic E-state index is 0.501. The number of nitrogens with one attached hydrogen (secondary N) is 1. The lowest BCUT2D eigenvalue weighted by Gasteiger charge is -2.11. The Morgan fingerprint density at radius 2 is 2.22 bits per heavy atom. The lowest BCUT2D eigenvalue weighted by molar-refractivity contribution is 0.144. The Balaban J connectivity index is 1.94. The summed E-state index contributed by atoms with van der Waals surface area (Å²) < 4.78 is 10.5. The third kappa shape index (κ3) is 3.72. The van der Waals surface area contributed by atoms with Crippen molar-refractivity contribution in [2.24, 2.45) is 0 Å². The Morgan fingerprint density at radius 3 is 3.00 bits per heavy atom. The van der Waals surface area contributed by atoms with Gasteiger partial charge in [-0.1, -0.05) is 6.07 Å². The van der Waals surface area contributed by atoms with E-state index >= 15 is 0 Å². The summed E-state index contributed by atoms with van der Waals surface area (Å²) in [5, 5.41) is 5.39. The lowest BCUT2D eigenvalue weighted by atomic mass is 10.4. The molecule has 2 rings (SSSR count). The summed E-state index contributed by atoms with van der Waals surface area (Å²) in [4.78, 5) is 5.49.